The van der Waals surface area contributed by atoms with Crippen LogP contribution in [0.5, 0.6) is 23.0 Å². The van der Waals surface area contributed by atoms with Gasteiger partial charge in [-0.2, -0.15) is 0 Å². The lowest BCUT2D eigenvalue weighted by atomic mass is 9.89. The van der Waals surface area contributed by atoms with Gasteiger partial charge in [0.2, 0.25) is 0 Å². The molecule has 15 rings (SSSR count). The van der Waals surface area contributed by atoms with Crippen molar-refractivity contribution in [2.45, 2.75) is 206 Å². The average Bonchev–Trinajstić information content (AvgIpc) is 0.756. The Morgan fingerprint density at radius 2 is 0.492 bits per heavy atom. The molecule has 18 heteroatoms. The van der Waals surface area contributed by atoms with E-state index in [-0.39, 0.29) is 79.3 Å². The predicted octanol–water partition coefficient (Wildman–Crippen LogP) is 21.1. The SMILES string of the molecule is CCCOc1c2cccc1Cc1cc(CO[C@@]3(C=O)O[C@H](COCc4ccccc4)[C@H](OCc4ccccc4)[C@H](OCc4ccccc4)[C@H]3OCc3ccccc3)cc(c1OCCC)Cc1cccc(c1OCCC)Cc1cc(CO[C@@]3(C=O)O[C@H](COCc4ccccc4)[C@H](OCc4ccccc4)[C@H](OCc4ccccc4)[C@H]3OCc3ccccc3)cc(c1OCCC)C2. The minimum Gasteiger partial charge on any atom is -0.493 e. The van der Waals surface area contributed by atoms with E-state index in [1.54, 1.807) is 0 Å². The summed E-state index contributed by atoms with van der Waals surface area (Å²) in [6.07, 6.45) is -2.29. The van der Waals surface area contributed by atoms with Crippen molar-refractivity contribution < 1.29 is 85.4 Å². The minimum absolute atomic E-state index is 0.00482. The molecule has 8 bridgehead atoms. The highest BCUT2D eigenvalue weighted by molar-refractivity contribution is 5.64. The van der Waals surface area contributed by atoms with Crippen LogP contribution < -0.4 is 18.9 Å². The van der Waals surface area contributed by atoms with E-state index >= 15 is 9.59 Å². The predicted molar refractivity (Wildman–Crippen MR) is 499 cm³/mol. The summed E-state index contributed by atoms with van der Waals surface area (Å²) >= 11 is 0. The number of hydrogen-bond acceptors (Lipinski definition) is 18. The normalized spacial score (nSPS) is 20.1. The Morgan fingerprint density at radius 3 is 0.738 bits per heavy atom. The highest BCUT2D eigenvalue weighted by atomic mass is 16.8. The van der Waals surface area contributed by atoms with Crippen LogP contribution in [0.15, 0.2) is 303 Å². The average molecular weight is 1750 g/mol. The molecule has 2 heterocycles. The molecular formula is C112H120O18. The lowest BCUT2D eigenvalue weighted by Crippen LogP contribution is -2.68. The number of rotatable bonds is 46. The maximum Gasteiger partial charge on any atom is 0.256 e. The Morgan fingerprint density at radius 1 is 0.262 bits per heavy atom. The molecule has 0 N–H and O–H groups in total. The maximum absolute atomic E-state index is 15.1. The van der Waals surface area contributed by atoms with Crippen molar-refractivity contribution in [3.63, 3.8) is 0 Å². The zero-order chi connectivity index (χ0) is 89.4. The van der Waals surface area contributed by atoms with Gasteiger partial charge in [-0.3, -0.25) is 9.59 Å². The van der Waals surface area contributed by atoms with E-state index in [4.69, 9.17) is 75.8 Å². The van der Waals surface area contributed by atoms with E-state index in [1.807, 2.05) is 243 Å². The second kappa shape index (κ2) is 48.0. The third-order valence-electron chi connectivity index (χ3n) is 23.5. The first-order chi connectivity index (χ1) is 64.1. The molecule has 12 aromatic rings. The molecule has 12 aromatic carbocycles. The van der Waals surface area contributed by atoms with Gasteiger partial charge >= 0.3 is 0 Å². The van der Waals surface area contributed by atoms with Crippen LogP contribution in [0.1, 0.15) is 154 Å². The lowest BCUT2D eigenvalue weighted by Gasteiger charge is -2.50. The van der Waals surface area contributed by atoms with Crippen LogP contribution in [0, 0.1) is 0 Å². The third kappa shape index (κ3) is 24.9. The van der Waals surface area contributed by atoms with Crippen molar-refractivity contribution in [3.05, 3.63) is 403 Å². The maximum atomic E-state index is 15.1. The standard InChI is InChI=1S/C112H120O18/c1-5-55-117-101-91-51-33-52-92(101)64-96-60-90(76-128-112(80-114)110(126-74-88-49-31-16-32-50-88)108(124-72-86-45-27-14-28-46-86)106(122-70-84-41-23-12-24-42-84)100(130-112)78-116-68-82-37-19-10-20-38-82)62-98(104(96)120-58-8-4)66-94-54-34-53-93(102(94)118-56-6-2)65-97-61-89(59-95(63-91)103(97)119-57-7-3)75-127-111(79-113)109(125-73-87-47-29-15-30-48-87)107(123-71-85-43-25-13-26-44-85)105(121-69-83-39-21-11-22-40-83)99(129-111)77-115-67-81-35-17-9-18-36-81/h9-54,59-62,79-80,99-100,105-110H,5-8,55-58,63-78H2,1-4H3/t99-,100-,105+,106+,107+,108+,109-,110-,111+,112+/m1/s1. The van der Waals surface area contributed by atoms with Crippen LogP contribution in [0.25, 0.3) is 0 Å². The minimum atomic E-state index is -2.13. The molecule has 2 saturated heterocycles. The smallest absolute Gasteiger partial charge is 0.256 e. The molecule has 2 fully saturated rings. The number of benzene rings is 12. The molecule has 1 aliphatic carbocycles. The summed E-state index contributed by atoms with van der Waals surface area (Å²) in [5.41, 5.74) is 15.8. The Bertz CT molecular complexity index is 5000. The van der Waals surface area contributed by atoms with Crippen molar-refractivity contribution >= 4 is 12.6 Å². The number of carbonyl (C=O) groups excluding carboxylic acids is 2. The van der Waals surface area contributed by atoms with Crippen LogP contribution in [-0.4, -0.2) is 113 Å². The topological polar surface area (TPSA) is 182 Å². The summed E-state index contributed by atoms with van der Waals surface area (Å²) in [5.74, 6) is -1.41. The third-order valence-corrected chi connectivity index (χ3v) is 23.5. The number of hydrogen-bond donors (Lipinski definition) is 0. The van der Waals surface area contributed by atoms with Crippen molar-refractivity contribution in [1.29, 1.82) is 0 Å². The van der Waals surface area contributed by atoms with Gasteiger partial charge < -0.3 is 75.8 Å². The van der Waals surface area contributed by atoms with Crippen LogP contribution >= 0.6 is 0 Å². The van der Waals surface area contributed by atoms with Gasteiger partial charge in [0.1, 0.15) is 71.8 Å². The van der Waals surface area contributed by atoms with Crippen LogP contribution in [0.2, 0.25) is 0 Å². The molecule has 2 aliphatic heterocycles. The highest BCUT2D eigenvalue weighted by Gasteiger charge is 2.60. The first-order valence-electron chi connectivity index (χ1n) is 45.9. The summed E-state index contributed by atoms with van der Waals surface area (Å²) < 4.78 is 114. The second-order valence-corrected chi connectivity index (χ2v) is 33.4. The molecular weight excluding hydrogens is 1630 g/mol. The number of ether oxygens (including phenoxy) is 16. The van der Waals surface area contributed by atoms with Gasteiger partial charge in [-0.25, -0.2) is 0 Å². The molecule has 0 saturated carbocycles. The highest BCUT2D eigenvalue weighted by Crippen LogP contribution is 2.45. The van der Waals surface area contributed by atoms with Crippen molar-refractivity contribution in [2.24, 2.45) is 0 Å². The largest absolute Gasteiger partial charge is 0.493 e. The summed E-state index contributed by atoms with van der Waals surface area (Å²) in [6.45, 7) is 11.1. The Hall–Kier alpha value is -11.3. The van der Waals surface area contributed by atoms with Crippen LogP contribution in [0.4, 0.5) is 0 Å². The Labute approximate surface area is 765 Å². The second-order valence-electron chi connectivity index (χ2n) is 33.4. The molecule has 0 amide bonds. The summed E-state index contributed by atoms with van der Waals surface area (Å²) in [6, 6.07) is 100. The van der Waals surface area contributed by atoms with Crippen molar-refractivity contribution in [3.8, 4) is 23.0 Å². The van der Waals surface area contributed by atoms with Crippen molar-refractivity contribution in [2.75, 3.05) is 39.6 Å². The number of aldehydes is 2. The zero-order valence-electron chi connectivity index (χ0n) is 75.0. The molecule has 18 nitrogen and oxygen atoms in total. The van der Waals surface area contributed by atoms with E-state index in [1.165, 1.54) is 0 Å². The molecule has 0 spiro atoms. The van der Waals surface area contributed by atoms with Crippen molar-refractivity contribution in [1.82, 2.24) is 0 Å². The van der Waals surface area contributed by atoms with Gasteiger partial charge in [0.05, 0.1) is 106 Å². The molecule has 10 atom stereocenters. The van der Waals surface area contributed by atoms with Gasteiger partial charge in [0.25, 0.3) is 11.6 Å². The monoisotopic (exact) mass is 1750 g/mol. The van der Waals surface area contributed by atoms with E-state index in [0.717, 1.165) is 138 Å². The number of carbonyl (C=O) groups is 2. The molecule has 0 unspecified atom stereocenters. The number of para-hydroxylation sites is 2. The van der Waals surface area contributed by atoms with Gasteiger partial charge in [0, 0.05) is 25.7 Å². The fourth-order valence-corrected chi connectivity index (χ4v) is 17.2. The van der Waals surface area contributed by atoms with Gasteiger partial charge in [-0.1, -0.05) is 307 Å². The molecule has 130 heavy (non-hydrogen) atoms. The van der Waals surface area contributed by atoms with E-state index in [9.17, 15) is 0 Å². The molecule has 676 valence electrons. The Kier molecular flexibility index (Phi) is 34.5. The molecule has 0 radical (unpaired) electrons. The van der Waals surface area contributed by atoms with Gasteiger partial charge in [-0.05, 0) is 150 Å². The fraction of sp³-hybridized carbons (Fsp3) is 0.339. The first kappa shape index (κ1) is 93.4. The van der Waals surface area contributed by atoms with E-state index < -0.39 is 60.4 Å². The van der Waals surface area contributed by atoms with Gasteiger partial charge in [-0.15, -0.1) is 0 Å². The summed E-state index contributed by atoms with van der Waals surface area (Å²) in [5, 5.41) is 0. The Balaban J connectivity index is 0.834. The fourth-order valence-electron chi connectivity index (χ4n) is 17.2. The number of fused-ring (bicyclic) bond motifs is 8. The molecule has 0 aromatic heterocycles. The van der Waals surface area contributed by atoms with E-state index in [2.05, 4.69) is 88.4 Å². The zero-order valence-corrected chi connectivity index (χ0v) is 75.0. The summed E-state index contributed by atoms with van der Waals surface area (Å²) in [4.78, 5) is 30.1. The van der Waals surface area contributed by atoms with E-state index in [0.29, 0.717) is 75.1 Å². The quantitative estimate of drug-likeness (QED) is 0.0328. The lowest BCUT2D eigenvalue weighted by molar-refractivity contribution is -0.364. The van der Waals surface area contributed by atoms with Crippen LogP contribution in [0.3, 0.4) is 0 Å². The van der Waals surface area contributed by atoms with Crippen LogP contribution in [-0.2, 0) is 158 Å². The molecule has 3 aliphatic rings. The first-order valence-corrected chi connectivity index (χ1v) is 45.9. The van der Waals surface area contributed by atoms with Gasteiger partial charge in [0.15, 0.2) is 12.6 Å². The summed E-state index contributed by atoms with van der Waals surface area (Å²) in [7, 11) is 0.